The average molecular weight is 200 g/mol. The van der Waals surface area contributed by atoms with Crippen molar-refractivity contribution in [2.45, 2.75) is 6.92 Å². The first-order valence-corrected chi connectivity index (χ1v) is 2.90. The summed E-state index contributed by atoms with van der Waals surface area (Å²) in [5.74, 6) is -2.60. The summed E-state index contributed by atoms with van der Waals surface area (Å²) in [5, 5.41) is 7.64. The molecular formula is C7H12MgO5. The second-order valence-electron chi connectivity index (χ2n) is 1.59. The van der Waals surface area contributed by atoms with E-state index in [4.69, 9.17) is 5.11 Å². The van der Waals surface area contributed by atoms with E-state index in [1.807, 2.05) is 0 Å². The fourth-order valence-electron chi connectivity index (χ4n) is 0.0833. The molecule has 0 aliphatic rings. The van der Waals surface area contributed by atoms with Gasteiger partial charge in [0.25, 0.3) is 0 Å². The van der Waals surface area contributed by atoms with Crippen molar-refractivity contribution in [3.8, 4) is 0 Å². The first-order chi connectivity index (χ1) is 5.45. The number of hydrogen-bond donors (Lipinski definition) is 1. The van der Waals surface area contributed by atoms with Gasteiger partial charge in [0.15, 0.2) is 0 Å². The van der Waals surface area contributed by atoms with Crippen LogP contribution in [0.3, 0.4) is 0 Å². The van der Waals surface area contributed by atoms with Gasteiger partial charge in [0.05, 0.1) is 7.11 Å². The Balaban J connectivity index is -0.0000000370. The molecule has 0 heterocycles. The van der Waals surface area contributed by atoms with Crippen molar-refractivity contribution in [3.63, 3.8) is 0 Å². The maximum Gasteiger partial charge on any atom is 2.00 e. The van der Waals surface area contributed by atoms with Crippen LogP contribution in [0, 0.1) is 0 Å². The molecule has 13 heavy (non-hydrogen) atoms. The van der Waals surface area contributed by atoms with Crippen molar-refractivity contribution in [2.24, 2.45) is 0 Å². The van der Waals surface area contributed by atoms with Crippen molar-refractivity contribution < 1.29 is 27.1 Å². The SMILES string of the molecule is C=CC(=O)OC.CC(=O)C(=O)O.[H-].[H-].[Mg+2]. The third kappa shape index (κ3) is 18.2. The zero-order chi connectivity index (χ0) is 10.1. The molecule has 0 aliphatic carbocycles. The predicted octanol–water partition coefficient (Wildman–Crippen LogP) is -0.150. The second kappa shape index (κ2) is 11.1. The average Bonchev–Trinajstić information content (AvgIpc) is 2.04. The molecule has 72 valence electrons. The molecule has 0 bridgehead atoms. The minimum atomic E-state index is -1.38. The molecule has 0 fully saturated rings. The standard InChI is InChI=1S/C4H6O2.C3H4O3.Mg.2H/c1-3-4(5)6-2;1-2(4)3(5)6;;;/h3H,1H2,2H3;1H3,(H,5,6);;;/q;;+2;2*-1. The van der Waals surface area contributed by atoms with Crippen LogP contribution in [0.15, 0.2) is 12.7 Å². The van der Waals surface area contributed by atoms with E-state index in [2.05, 4.69) is 11.3 Å². The van der Waals surface area contributed by atoms with Crippen LogP contribution in [0.4, 0.5) is 0 Å². The van der Waals surface area contributed by atoms with Gasteiger partial charge in [-0.2, -0.15) is 0 Å². The first-order valence-electron chi connectivity index (χ1n) is 2.90. The van der Waals surface area contributed by atoms with Gasteiger partial charge in [0, 0.05) is 13.0 Å². The third-order valence-electron chi connectivity index (χ3n) is 0.669. The molecule has 0 aromatic carbocycles. The smallest absolute Gasteiger partial charge is 1.00 e. The van der Waals surface area contributed by atoms with E-state index in [1.165, 1.54) is 7.11 Å². The summed E-state index contributed by atoms with van der Waals surface area (Å²) in [6.07, 6.45) is 1.11. The van der Waals surface area contributed by atoms with Gasteiger partial charge in [-0.3, -0.25) is 4.79 Å². The second-order valence-corrected chi connectivity index (χ2v) is 1.59. The van der Waals surface area contributed by atoms with Crippen LogP contribution in [0.25, 0.3) is 0 Å². The molecule has 0 unspecified atom stereocenters. The molecule has 0 radical (unpaired) electrons. The van der Waals surface area contributed by atoms with E-state index >= 15 is 0 Å². The Morgan fingerprint density at radius 2 is 1.77 bits per heavy atom. The number of hydrogen-bond acceptors (Lipinski definition) is 4. The Labute approximate surface area is 94.9 Å². The van der Waals surface area contributed by atoms with Gasteiger partial charge in [0.1, 0.15) is 0 Å². The predicted molar refractivity (Wildman–Crippen MR) is 48.5 cm³/mol. The van der Waals surface area contributed by atoms with Crippen molar-refractivity contribution in [1.29, 1.82) is 0 Å². The number of esters is 1. The number of aliphatic carboxylic acids is 1. The van der Waals surface area contributed by atoms with E-state index in [0.29, 0.717) is 0 Å². The fourth-order valence-corrected chi connectivity index (χ4v) is 0.0833. The van der Waals surface area contributed by atoms with Crippen molar-refractivity contribution in [1.82, 2.24) is 0 Å². The van der Waals surface area contributed by atoms with Gasteiger partial charge in [-0.1, -0.05) is 6.58 Å². The largest absolute Gasteiger partial charge is 2.00 e. The molecule has 0 aromatic heterocycles. The Morgan fingerprint density at radius 1 is 1.46 bits per heavy atom. The number of carbonyl (C=O) groups is 3. The van der Waals surface area contributed by atoms with Crippen LogP contribution in [0.1, 0.15) is 9.78 Å². The molecule has 6 heteroatoms. The third-order valence-corrected chi connectivity index (χ3v) is 0.669. The summed E-state index contributed by atoms with van der Waals surface area (Å²) in [6.45, 7) is 4.16. The minimum absolute atomic E-state index is 0. The molecule has 0 amide bonds. The summed E-state index contributed by atoms with van der Waals surface area (Å²) in [7, 11) is 1.31. The van der Waals surface area contributed by atoms with Crippen LogP contribution < -0.4 is 0 Å². The zero-order valence-electron chi connectivity index (χ0n) is 9.57. The zero-order valence-corrected chi connectivity index (χ0v) is 8.99. The monoisotopic (exact) mass is 200 g/mol. The number of carboxylic acid groups (broad SMARTS) is 1. The molecule has 0 spiro atoms. The number of carbonyl (C=O) groups excluding carboxylic acids is 2. The Hall–Kier alpha value is -0.884. The summed E-state index contributed by atoms with van der Waals surface area (Å²) >= 11 is 0. The number of Topliss-reactive ketones (excluding diaryl/α,β-unsaturated/α-hetero) is 1. The molecule has 0 rings (SSSR count). The fraction of sp³-hybridized carbons (Fsp3) is 0.286. The molecule has 1 N–H and O–H groups in total. The van der Waals surface area contributed by atoms with E-state index < -0.39 is 17.7 Å². The molecule has 5 nitrogen and oxygen atoms in total. The van der Waals surface area contributed by atoms with Crippen molar-refractivity contribution >= 4 is 40.8 Å². The molecule has 0 saturated carbocycles. The van der Waals surface area contributed by atoms with Crippen LogP contribution in [-0.2, 0) is 19.1 Å². The molecule has 0 aromatic rings. The summed E-state index contributed by atoms with van der Waals surface area (Å²) in [6, 6.07) is 0. The maximum absolute atomic E-state index is 9.84. The van der Waals surface area contributed by atoms with Gasteiger partial charge in [-0.25, -0.2) is 9.59 Å². The molecule has 0 aliphatic heterocycles. The molecule has 0 atom stereocenters. The molecular weight excluding hydrogens is 188 g/mol. The number of ketones is 1. The number of methoxy groups -OCH3 is 1. The quantitative estimate of drug-likeness (QED) is 0.290. The van der Waals surface area contributed by atoms with Crippen LogP contribution in [0.5, 0.6) is 0 Å². The number of ether oxygens (including phenoxy) is 1. The van der Waals surface area contributed by atoms with Gasteiger partial charge in [-0.15, -0.1) is 0 Å². The number of rotatable bonds is 2. The van der Waals surface area contributed by atoms with E-state index in [0.717, 1.165) is 13.0 Å². The van der Waals surface area contributed by atoms with Crippen LogP contribution in [0.2, 0.25) is 0 Å². The van der Waals surface area contributed by atoms with E-state index in [-0.39, 0.29) is 25.9 Å². The summed E-state index contributed by atoms with van der Waals surface area (Å²) < 4.78 is 4.14. The van der Waals surface area contributed by atoms with Crippen molar-refractivity contribution in [3.05, 3.63) is 12.7 Å². The Kier molecular flexibility index (Phi) is 15.4. The van der Waals surface area contributed by atoms with Crippen molar-refractivity contribution in [2.75, 3.05) is 7.11 Å². The molecule has 0 saturated heterocycles. The first kappa shape index (κ1) is 18.0. The Morgan fingerprint density at radius 3 is 1.77 bits per heavy atom. The minimum Gasteiger partial charge on any atom is -1.00 e. The summed E-state index contributed by atoms with van der Waals surface area (Å²) in [4.78, 5) is 28.7. The van der Waals surface area contributed by atoms with Gasteiger partial charge in [-0.05, 0) is 0 Å². The Bertz CT molecular complexity index is 193. The van der Waals surface area contributed by atoms with E-state index in [9.17, 15) is 14.4 Å². The number of carboxylic acids is 1. The topological polar surface area (TPSA) is 80.7 Å². The summed E-state index contributed by atoms with van der Waals surface area (Å²) in [5.41, 5.74) is 0. The van der Waals surface area contributed by atoms with E-state index in [1.54, 1.807) is 0 Å². The van der Waals surface area contributed by atoms with Gasteiger partial charge < -0.3 is 12.7 Å². The maximum atomic E-state index is 9.84. The van der Waals surface area contributed by atoms with Crippen LogP contribution in [-0.4, -0.2) is 53.0 Å². The van der Waals surface area contributed by atoms with Crippen LogP contribution >= 0.6 is 0 Å². The van der Waals surface area contributed by atoms with Gasteiger partial charge in [0.2, 0.25) is 5.78 Å². The van der Waals surface area contributed by atoms with Gasteiger partial charge >= 0.3 is 35.0 Å². The normalized spacial score (nSPS) is 6.62.